The predicted octanol–water partition coefficient (Wildman–Crippen LogP) is 0.605. The van der Waals surface area contributed by atoms with Gasteiger partial charge in [-0.2, -0.15) is 0 Å². The third-order valence-electron chi connectivity index (χ3n) is 3.18. The summed E-state index contributed by atoms with van der Waals surface area (Å²) in [7, 11) is 1.82. The van der Waals surface area contributed by atoms with E-state index in [2.05, 4.69) is 0 Å². The van der Waals surface area contributed by atoms with Gasteiger partial charge in [0.15, 0.2) is 0 Å². The van der Waals surface area contributed by atoms with Crippen molar-refractivity contribution >= 4 is 5.91 Å². The molecular formula is C11H22N2O2. The Kier molecular flexibility index (Phi) is 4.11. The lowest BCUT2D eigenvalue weighted by molar-refractivity contribution is -0.135. The number of nitrogens with two attached hydrogens (primary N) is 1. The van der Waals surface area contributed by atoms with Gasteiger partial charge in [0.2, 0.25) is 5.91 Å². The Labute approximate surface area is 91.8 Å². The molecule has 1 aliphatic heterocycles. The van der Waals surface area contributed by atoms with E-state index in [1.165, 1.54) is 0 Å². The van der Waals surface area contributed by atoms with Gasteiger partial charge in [0.1, 0.15) is 0 Å². The first-order chi connectivity index (χ1) is 6.95. The maximum absolute atomic E-state index is 12.0. The molecule has 3 atom stereocenters. The van der Waals surface area contributed by atoms with E-state index in [-0.39, 0.29) is 24.0 Å². The molecule has 0 bridgehead atoms. The lowest BCUT2D eigenvalue weighted by Crippen LogP contribution is -2.50. The first-order valence-corrected chi connectivity index (χ1v) is 5.59. The van der Waals surface area contributed by atoms with Gasteiger partial charge in [0.25, 0.3) is 0 Å². The van der Waals surface area contributed by atoms with Crippen LogP contribution < -0.4 is 5.73 Å². The SMILES string of the molecule is CC(C)C(N)C(=O)N(C)C1CCOC1C. The number of hydrogen-bond acceptors (Lipinski definition) is 3. The van der Waals surface area contributed by atoms with Crippen LogP contribution in [0.1, 0.15) is 27.2 Å². The summed E-state index contributed by atoms with van der Waals surface area (Å²) < 4.78 is 5.44. The molecule has 3 unspecified atom stereocenters. The van der Waals surface area contributed by atoms with E-state index in [9.17, 15) is 4.79 Å². The average molecular weight is 214 g/mol. The number of rotatable bonds is 3. The average Bonchev–Trinajstić information content (AvgIpc) is 2.60. The number of hydrogen-bond donors (Lipinski definition) is 1. The summed E-state index contributed by atoms with van der Waals surface area (Å²) in [6.07, 6.45) is 1.03. The van der Waals surface area contributed by atoms with Crippen LogP contribution in [-0.4, -0.2) is 42.6 Å². The van der Waals surface area contributed by atoms with Crippen LogP contribution in [0, 0.1) is 5.92 Å². The number of carbonyl (C=O) groups is 1. The fourth-order valence-electron chi connectivity index (χ4n) is 1.91. The van der Waals surface area contributed by atoms with Gasteiger partial charge in [0.05, 0.1) is 18.2 Å². The molecule has 1 aliphatic rings. The van der Waals surface area contributed by atoms with Crippen LogP contribution in [0.5, 0.6) is 0 Å². The van der Waals surface area contributed by atoms with Crippen LogP contribution in [-0.2, 0) is 9.53 Å². The Morgan fingerprint density at radius 3 is 2.53 bits per heavy atom. The molecular weight excluding hydrogens is 192 g/mol. The summed E-state index contributed by atoms with van der Waals surface area (Å²) in [6, 6.07) is -0.218. The van der Waals surface area contributed by atoms with E-state index >= 15 is 0 Å². The van der Waals surface area contributed by atoms with Crippen molar-refractivity contribution < 1.29 is 9.53 Å². The second kappa shape index (κ2) is 4.94. The van der Waals surface area contributed by atoms with Crippen molar-refractivity contribution in [1.29, 1.82) is 0 Å². The van der Waals surface area contributed by atoms with Crippen molar-refractivity contribution in [3.8, 4) is 0 Å². The van der Waals surface area contributed by atoms with E-state index in [1.54, 1.807) is 4.90 Å². The van der Waals surface area contributed by atoms with Gasteiger partial charge in [-0.3, -0.25) is 4.79 Å². The fraction of sp³-hybridized carbons (Fsp3) is 0.909. The van der Waals surface area contributed by atoms with Crippen molar-refractivity contribution in [2.45, 2.75) is 45.4 Å². The Morgan fingerprint density at radius 1 is 1.53 bits per heavy atom. The molecule has 0 aliphatic carbocycles. The third kappa shape index (κ3) is 2.69. The third-order valence-corrected chi connectivity index (χ3v) is 3.18. The number of carbonyl (C=O) groups excluding carboxylic acids is 1. The highest BCUT2D eigenvalue weighted by atomic mass is 16.5. The van der Waals surface area contributed by atoms with E-state index in [4.69, 9.17) is 10.5 Å². The van der Waals surface area contributed by atoms with Crippen LogP contribution in [0.25, 0.3) is 0 Å². The zero-order valence-electron chi connectivity index (χ0n) is 10.1. The fourth-order valence-corrected chi connectivity index (χ4v) is 1.91. The summed E-state index contributed by atoms with van der Waals surface area (Å²) >= 11 is 0. The molecule has 4 heteroatoms. The molecule has 0 radical (unpaired) electrons. The van der Waals surface area contributed by atoms with Crippen LogP contribution in [0.2, 0.25) is 0 Å². The van der Waals surface area contributed by atoms with Gasteiger partial charge < -0.3 is 15.4 Å². The molecule has 0 spiro atoms. The second-order valence-electron chi connectivity index (χ2n) is 4.65. The molecule has 1 rings (SSSR count). The molecule has 1 amide bonds. The van der Waals surface area contributed by atoms with E-state index < -0.39 is 6.04 Å². The number of nitrogens with zero attached hydrogens (tertiary/aromatic N) is 1. The smallest absolute Gasteiger partial charge is 0.239 e. The van der Waals surface area contributed by atoms with Gasteiger partial charge >= 0.3 is 0 Å². The molecule has 0 aromatic carbocycles. The first kappa shape index (κ1) is 12.5. The summed E-state index contributed by atoms with van der Waals surface area (Å²) in [4.78, 5) is 13.7. The standard InChI is InChI=1S/C11H22N2O2/c1-7(2)10(12)11(14)13(4)9-5-6-15-8(9)3/h7-10H,5-6,12H2,1-4H3. The molecule has 1 saturated heterocycles. The van der Waals surface area contributed by atoms with Crippen LogP contribution in [0.4, 0.5) is 0 Å². The second-order valence-corrected chi connectivity index (χ2v) is 4.65. The minimum Gasteiger partial charge on any atom is -0.376 e. The highest BCUT2D eigenvalue weighted by molar-refractivity contribution is 5.82. The van der Waals surface area contributed by atoms with Crippen LogP contribution >= 0.6 is 0 Å². The molecule has 0 saturated carbocycles. The van der Waals surface area contributed by atoms with Crippen molar-refractivity contribution in [3.63, 3.8) is 0 Å². The van der Waals surface area contributed by atoms with E-state index in [0.29, 0.717) is 0 Å². The number of amides is 1. The zero-order valence-corrected chi connectivity index (χ0v) is 10.1. The van der Waals surface area contributed by atoms with Gasteiger partial charge in [-0.1, -0.05) is 13.8 Å². The van der Waals surface area contributed by atoms with Crippen molar-refractivity contribution in [2.75, 3.05) is 13.7 Å². The monoisotopic (exact) mass is 214 g/mol. The quantitative estimate of drug-likeness (QED) is 0.748. The van der Waals surface area contributed by atoms with Gasteiger partial charge in [-0.05, 0) is 19.3 Å². The van der Waals surface area contributed by atoms with E-state index in [1.807, 2.05) is 27.8 Å². The van der Waals surface area contributed by atoms with Crippen LogP contribution in [0.15, 0.2) is 0 Å². The van der Waals surface area contributed by atoms with Crippen molar-refractivity contribution in [2.24, 2.45) is 11.7 Å². The largest absolute Gasteiger partial charge is 0.376 e. The minimum absolute atomic E-state index is 0.0207. The van der Waals surface area contributed by atoms with Crippen molar-refractivity contribution in [1.82, 2.24) is 4.90 Å². The maximum Gasteiger partial charge on any atom is 0.239 e. The molecule has 2 N–H and O–H groups in total. The van der Waals surface area contributed by atoms with Crippen molar-refractivity contribution in [3.05, 3.63) is 0 Å². The lowest BCUT2D eigenvalue weighted by atomic mass is 10.0. The molecule has 88 valence electrons. The molecule has 15 heavy (non-hydrogen) atoms. The number of likely N-dealkylation sites (N-methyl/N-ethyl adjacent to an activating group) is 1. The minimum atomic E-state index is -0.400. The zero-order chi connectivity index (χ0) is 11.6. The summed E-state index contributed by atoms with van der Waals surface area (Å²) in [5, 5.41) is 0. The Hall–Kier alpha value is -0.610. The normalized spacial score (nSPS) is 28.1. The Bertz CT molecular complexity index is 231. The molecule has 1 heterocycles. The molecule has 0 aromatic heterocycles. The molecule has 1 fully saturated rings. The topological polar surface area (TPSA) is 55.6 Å². The highest BCUT2D eigenvalue weighted by Gasteiger charge is 2.33. The summed E-state index contributed by atoms with van der Waals surface area (Å²) in [5.41, 5.74) is 5.84. The van der Waals surface area contributed by atoms with E-state index in [0.717, 1.165) is 13.0 Å². The first-order valence-electron chi connectivity index (χ1n) is 5.59. The van der Waals surface area contributed by atoms with Gasteiger partial charge in [-0.15, -0.1) is 0 Å². The lowest BCUT2D eigenvalue weighted by Gasteiger charge is -2.30. The summed E-state index contributed by atoms with van der Waals surface area (Å²) in [6.45, 7) is 6.67. The Balaban J connectivity index is 2.59. The summed E-state index contributed by atoms with van der Waals surface area (Å²) in [5.74, 6) is 0.199. The molecule has 4 nitrogen and oxygen atoms in total. The molecule has 0 aromatic rings. The Morgan fingerprint density at radius 2 is 2.13 bits per heavy atom. The van der Waals surface area contributed by atoms with Gasteiger partial charge in [0, 0.05) is 13.7 Å². The van der Waals surface area contributed by atoms with Crippen LogP contribution in [0.3, 0.4) is 0 Å². The predicted molar refractivity (Wildman–Crippen MR) is 59.4 cm³/mol. The number of ether oxygens (including phenoxy) is 1. The maximum atomic E-state index is 12.0. The highest BCUT2D eigenvalue weighted by Crippen LogP contribution is 2.19. The van der Waals surface area contributed by atoms with Gasteiger partial charge in [-0.25, -0.2) is 0 Å².